The Hall–Kier alpha value is -3.04. The Bertz CT molecular complexity index is 839. The van der Waals surface area contributed by atoms with Crippen molar-refractivity contribution in [3.05, 3.63) is 59.4 Å². The van der Waals surface area contributed by atoms with Gasteiger partial charge in [-0.25, -0.2) is 24.1 Å². The van der Waals surface area contributed by atoms with Gasteiger partial charge in [0.2, 0.25) is 11.7 Å². The Morgan fingerprint density at radius 1 is 1.14 bits per heavy atom. The molecular weight excluding hydrogens is 394 g/mol. The fraction of sp³-hybridized carbons (Fsp3) is 0.368. The van der Waals surface area contributed by atoms with E-state index in [1.54, 1.807) is 0 Å². The van der Waals surface area contributed by atoms with E-state index in [4.69, 9.17) is 4.74 Å². The van der Waals surface area contributed by atoms with E-state index in [1.165, 1.54) is 24.3 Å². The molecule has 0 bridgehead atoms. The topological polar surface area (TPSA) is 72.4 Å². The summed E-state index contributed by atoms with van der Waals surface area (Å²) in [6, 6.07) is 5.16. The van der Waals surface area contributed by atoms with Gasteiger partial charge >= 0.3 is 12.3 Å². The number of halogens is 4. The van der Waals surface area contributed by atoms with E-state index in [-0.39, 0.29) is 25.1 Å². The van der Waals surface area contributed by atoms with Crippen molar-refractivity contribution in [3.63, 3.8) is 0 Å². The van der Waals surface area contributed by atoms with Gasteiger partial charge in [0.25, 0.3) is 0 Å². The number of carbonyl (C=O) groups is 2. The third-order valence-corrected chi connectivity index (χ3v) is 4.04. The summed E-state index contributed by atoms with van der Waals surface area (Å²) in [7, 11) is 0. The Labute approximate surface area is 164 Å². The molecule has 2 heterocycles. The molecule has 10 heteroatoms. The van der Waals surface area contributed by atoms with Crippen LogP contribution in [-0.2, 0) is 15.7 Å². The SMILES string of the molecule is CC.O=C(CC(c1ccc(F)cc1)c1cnc(C(F)(F)F)nc1)N1CCOC1=O. The first kappa shape index (κ1) is 22.3. The second kappa shape index (κ2) is 9.44. The number of carbonyl (C=O) groups excluding carboxylic acids is 2. The largest absolute Gasteiger partial charge is 0.451 e. The van der Waals surface area contributed by atoms with Crippen LogP contribution in [0.5, 0.6) is 0 Å². The number of hydrogen-bond acceptors (Lipinski definition) is 5. The molecule has 0 spiro atoms. The van der Waals surface area contributed by atoms with Crippen molar-refractivity contribution in [1.29, 1.82) is 0 Å². The summed E-state index contributed by atoms with van der Waals surface area (Å²) in [6.45, 7) is 4.17. The number of imide groups is 1. The molecule has 1 fully saturated rings. The average Bonchev–Trinajstić information content (AvgIpc) is 3.14. The molecule has 1 aliphatic rings. The molecule has 0 aliphatic carbocycles. The second-order valence-electron chi connectivity index (χ2n) is 5.81. The molecule has 1 aromatic heterocycles. The average molecular weight is 413 g/mol. The zero-order chi connectivity index (χ0) is 21.6. The van der Waals surface area contributed by atoms with E-state index in [1.807, 2.05) is 13.8 Å². The summed E-state index contributed by atoms with van der Waals surface area (Å²) < 4.78 is 55.9. The number of rotatable bonds is 4. The number of benzene rings is 1. The molecule has 3 rings (SSSR count). The number of ether oxygens (including phenoxy) is 1. The van der Waals surface area contributed by atoms with Crippen molar-refractivity contribution >= 4 is 12.0 Å². The molecule has 2 aromatic rings. The third-order valence-electron chi connectivity index (χ3n) is 4.04. The Morgan fingerprint density at radius 2 is 1.72 bits per heavy atom. The van der Waals surface area contributed by atoms with Crippen LogP contribution in [0.25, 0.3) is 0 Å². The molecule has 1 aromatic carbocycles. The molecule has 156 valence electrons. The van der Waals surface area contributed by atoms with Crippen molar-refractivity contribution in [2.45, 2.75) is 32.4 Å². The van der Waals surface area contributed by atoms with Crippen LogP contribution in [0.4, 0.5) is 22.4 Å². The van der Waals surface area contributed by atoms with Gasteiger partial charge in [0.15, 0.2) is 0 Å². The highest BCUT2D eigenvalue weighted by molar-refractivity contribution is 5.93. The van der Waals surface area contributed by atoms with Crippen LogP contribution < -0.4 is 0 Å². The molecule has 1 aliphatic heterocycles. The Kier molecular flexibility index (Phi) is 7.24. The number of alkyl halides is 3. The smallest absolute Gasteiger partial charge is 0.447 e. The van der Waals surface area contributed by atoms with E-state index in [0.29, 0.717) is 5.56 Å². The number of hydrogen-bond donors (Lipinski definition) is 0. The maximum Gasteiger partial charge on any atom is 0.451 e. The van der Waals surface area contributed by atoms with Crippen LogP contribution in [0.1, 0.15) is 43.1 Å². The zero-order valence-electron chi connectivity index (χ0n) is 15.7. The van der Waals surface area contributed by atoms with E-state index in [0.717, 1.165) is 17.3 Å². The lowest BCUT2D eigenvalue weighted by atomic mass is 9.89. The van der Waals surface area contributed by atoms with E-state index < -0.39 is 35.7 Å². The van der Waals surface area contributed by atoms with E-state index in [2.05, 4.69) is 9.97 Å². The summed E-state index contributed by atoms with van der Waals surface area (Å²) >= 11 is 0. The quantitative estimate of drug-likeness (QED) is 0.704. The minimum atomic E-state index is -4.70. The van der Waals surface area contributed by atoms with Gasteiger partial charge in [-0.15, -0.1) is 0 Å². The molecule has 2 amide bonds. The van der Waals surface area contributed by atoms with Crippen molar-refractivity contribution in [1.82, 2.24) is 14.9 Å². The second-order valence-corrected chi connectivity index (χ2v) is 5.81. The van der Waals surface area contributed by atoms with Crippen LogP contribution in [0.3, 0.4) is 0 Å². The molecule has 1 atom stereocenters. The van der Waals surface area contributed by atoms with Crippen molar-refractivity contribution in [2.75, 3.05) is 13.2 Å². The summed E-state index contributed by atoms with van der Waals surface area (Å²) in [6.07, 6.45) is -3.77. The maximum atomic E-state index is 13.2. The van der Waals surface area contributed by atoms with Crippen LogP contribution >= 0.6 is 0 Å². The lowest BCUT2D eigenvalue weighted by Crippen LogP contribution is -2.32. The molecule has 0 radical (unpaired) electrons. The van der Waals surface area contributed by atoms with Gasteiger partial charge in [-0.1, -0.05) is 26.0 Å². The summed E-state index contributed by atoms with van der Waals surface area (Å²) in [5.41, 5.74) is 0.705. The van der Waals surface area contributed by atoms with Gasteiger partial charge in [0, 0.05) is 24.7 Å². The fourth-order valence-electron chi connectivity index (χ4n) is 2.69. The highest BCUT2D eigenvalue weighted by Gasteiger charge is 2.35. The van der Waals surface area contributed by atoms with E-state index in [9.17, 15) is 27.2 Å². The van der Waals surface area contributed by atoms with Crippen LogP contribution in [0.2, 0.25) is 0 Å². The van der Waals surface area contributed by atoms with Gasteiger partial charge in [0.1, 0.15) is 12.4 Å². The third kappa shape index (κ3) is 5.49. The molecular formula is C19H19F4N3O3. The van der Waals surface area contributed by atoms with Gasteiger partial charge in [-0.3, -0.25) is 4.79 Å². The number of cyclic esters (lactones) is 1. The summed E-state index contributed by atoms with van der Waals surface area (Å²) in [5.74, 6) is -3.13. The van der Waals surface area contributed by atoms with Crippen LogP contribution in [0.15, 0.2) is 36.7 Å². The lowest BCUT2D eigenvalue weighted by Gasteiger charge is -2.19. The molecule has 29 heavy (non-hydrogen) atoms. The van der Waals surface area contributed by atoms with Gasteiger partial charge in [0.05, 0.1) is 6.54 Å². The highest BCUT2D eigenvalue weighted by atomic mass is 19.4. The standard InChI is InChI=1S/C17H13F4N3O3.C2H6/c18-12-3-1-10(2-4-12)13(7-14(25)24-5-6-27-16(24)26)11-8-22-15(23-9-11)17(19,20)21;1-2/h1-4,8-9,13H,5-7H2;1-2H3. The zero-order valence-corrected chi connectivity index (χ0v) is 15.7. The Balaban J connectivity index is 0.00000145. The first-order valence-electron chi connectivity index (χ1n) is 8.87. The normalized spacial score (nSPS) is 14.7. The number of aromatic nitrogens is 2. The molecule has 0 N–H and O–H groups in total. The molecule has 0 saturated carbocycles. The number of amides is 2. The first-order chi connectivity index (χ1) is 13.8. The minimum absolute atomic E-state index is 0.0786. The van der Waals surface area contributed by atoms with E-state index >= 15 is 0 Å². The molecule has 1 saturated heterocycles. The fourth-order valence-corrected chi connectivity index (χ4v) is 2.69. The van der Waals surface area contributed by atoms with Crippen LogP contribution in [-0.4, -0.2) is 40.0 Å². The summed E-state index contributed by atoms with van der Waals surface area (Å²) in [5, 5.41) is 0. The predicted octanol–water partition coefficient (Wildman–Crippen LogP) is 4.16. The minimum Gasteiger partial charge on any atom is -0.447 e. The maximum absolute atomic E-state index is 13.2. The molecule has 1 unspecified atom stereocenters. The van der Waals surface area contributed by atoms with Gasteiger partial charge in [-0.05, 0) is 23.3 Å². The first-order valence-corrected chi connectivity index (χ1v) is 8.87. The monoisotopic (exact) mass is 413 g/mol. The van der Waals surface area contributed by atoms with Gasteiger partial charge in [-0.2, -0.15) is 13.2 Å². The van der Waals surface area contributed by atoms with Crippen molar-refractivity contribution in [2.24, 2.45) is 0 Å². The summed E-state index contributed by atoms with van der Waals surface area (Å²) in [4.78, 5) is 31.5. The van der Waals surface area contributed by atoms with Crippen molar-refractivity contribution < 1.29 is 31.9 Å². The van der Waals surface area contributed by atoms with Crippen molar-refractivity contribution in [3.8, 4) is 0 Å². The Morgan fingerprint density at radius 3 is 2.21 bits per heavy atom. The highest BCUT2D eigenvalue weighted by Crippen LogP contribution is 2.31. The van der Waals surface area contributed by atoms with Gasteiger partial charge < -0.3 is 4.74 Å². The lowest BCUT2D eigenvalue weighted by molar-refractivity contribution is -0.145. The van der Waals surface area contributed by atoms with Crippen LogP contribution in [0, 0.1) is 5.82 Å². The predicted molar refractivity (Wildman–Crippen MR) is 94.3 cm³/mol. The number of nitrogens with zero attached hydrogens (tertiary/aromatic N) is 3. The molecule has 6 nitrogen and oxygen atoms in total.